The predicted molar refractivity (Wildman–Crippen MR) is 71.0 cm³/mol. The summed E-state index contributed by atoms with van der Waals surface area (Å²) in [7, 11) is 0. The van der Waals surface area contributed by atoms with E-state index in [2.05, 4.69) is 25.7 Å². The van der Waals surface area contributed by atoms with E-state index in [0.29, 0.717) is 17.1 Å². The second-order valence-corrected chi connectivity index (χ2v) is 7.01. The zero-order chi connectivity index (χ0) is 12.5. The molecule has 0 amide bonds. The highest BCUT2D eigenvalue weighted by Gasteiger charge is 2.35. The highest BCUT2D eigenvalue weighted by molar-refractivity contribution is 5.82. The van der Waals surface area contributed by atoms with Crippen molar-refractivity contribution in [3.8, 4) is 0 Å². The molecule has 0 aromatic rings. The Balaban J connectivity index is 1.92. The molecule has 2 heteroatoms. The summed E-state index contributed by atoms with van der Waals surface area (Å²) in [5.41, 5.74) is 0.365. The van der Waals surface area contributed by atoms with Gasteiger partial charge < -0.3 is 4.90 Å². The van der Waals surface area contributed by atoms with Gasteiger partial charge >= 0.3 is 0 Å². The molecule has 0 spiro atoms. The largest absolute Gasteiger partial charge is 0.303 e. The monoisotopic (exact) mass is 237 g/mol. The van der Waals surface area contributed by atoms with Crippen molar-refractivity contribution in [3.05, 3.63) is 0 Å². The maximum atomic E-state index is 12.0. The summed E-state index contributed by atoms with van der Waals surface area (Å²) >= 11 is 0. The maximum Gasteiger partial charge on any atom is 0.137 e. The number of carbonyl (C=O) groups excluding carboxylic acids is 1. The van der Waals surface area contributed by atoms with Crippen LogP contribution in [0.4, 0.5) is 0 Å². The van der Waals surface area contributed by atoms with Crippen LogP contribution in [0.5, 0.6) is 0 Å². The molecule has 1 saturated carbocycles. The molecule has 2 aliphatic rings. The van der Waals surface area contributed by atoms with Crippen molar-refractivity contribution in [3.63, 3.8) is 0 Å². The number of likely N-dealkylation sites (tertiary alicyclic amines) is 1. The third kappa shape index (κ3) is 3.31. The summed E-state index contributed by atoms with van der Waals surface area (Å²) in [6, 6.07) is 0. The van der Waals surface area contributed by atoms with Crippen LogP contribution in [0.1, 0.15) is 52.9 Å². The van der Waals surface area contributed by atoms with Crippen LogP contribution in [0.15, 0.2) is 0 Å². The lowest BCUT2D eigenvalue weighted by atomic mass is 9.68. The summed E-state index contributed by atoms with van der Waals surface area (Å²) < 4.78 is 0. The van der Waals surface area contributed by atoms with Gasteiger partial charge in [-0.1, -0.05) is 20.8 Å². The van der Waals surface area contributed by atoms with E-state index in [1.54, 1.807) is 0 Å². The quantitative estimate of drug-likeness (QED) is 0.735. The van der Waals surface area contributed by atoms with E-state index in [4.69, 9.17) is 0 Å². The molecule has 2 atom stereocenters. The minimum atomic E-state index is 0.325. The second kappa shape index (κ2) is 5.09. The number of ketones is 1. The fourth-order valence-corrected chi connectivity index (χ4v) is 3.35. The number of nitrogens with zero attached hydrogens (tertiary/aromatic N) is 1. The van der Waals surface area contributed by atoms with E-state index in [9.17, 15) is 4.79 Å². The number of hydrogen-bond acceptors (Lipinski definition) is 2. The van der Waals surface area contributed by atoms with Crippen molar-refractivity contribution in [2.75, 3.05) is 19.6 Å². The van der Waals surface area contributed by atoms with E-state index in [0.717, 1.165) is 31.7 Å². The van der Waals surface area contributed by atoms with Gasteiger partial charge in [-0.2, -0.15) is 0 Å². The van der Waals surface area contributed by atoms with Gasteiger partial charge in [0.1, 0.15) is 5.78 Å². The third-order valence-electron chi connectivity index (χ3n) is 4.67. The topological polar surface area (TPSA) is 20.3 Å². The van der Waals surface area contributed by atoms with E-state index in [1.165, 1.54) is 25.9 Å². The Hall–Kier alpha value is -0.370. The Morgan fingerprint density at radius 2 is 1.88 bits per heavy atom. The molecule has 2 fully saturated rings. The molecule has 1 heterocycles. The summed E-state index contributed by atoms with van der Waals surface area (Å²) in [5.74, 6) is 1.58. The fourth-order valence-electron chi connectivity index (χ4n) is 3.35. The molecular formula is C15H27NO. The molecule has 17 heavy (non-hydrogen) atoms. The van der Waals surface area contributed by atoms with Gasteiger partial charge in [0.15, 0.2) is 0 Å². The molecule has 0 bridgehead atoms. The molecule has 0 N–H and O–H groups in total. The van der Waals surface area contributed by atoms with Crippen LogP contribution in [0.3, 0.4) is 0 Å². The van der Waals surface area contributed by atoms with Crippen LogP contribution in [0.2, 0.25) is 0 Å². The van der Waals surface area contributed by atoms with Gasteiger partial charge in [-0.3, -0.25) is 4.79 Å². The Morgan fingerprint density at radius 3 is 2.47 bits per heavy atom. The number of rotatable bonds is 2. The van der Waals surface area contributed by atoms with Gasteiger partial charge in [0.2, 0.25) is 0 Å². The van der Waals surface area contributed by atoms with Crippen molar-refractivity contribution >= 4 is 5.78 Å². The summed E-state index contributed by atoms with van der Waals surface area (Å²) in [4.78, 5) is 14.5. The van der Waals surface area contributed by atoms with Crippen molar-refractivity contribution < 1.29 is 4.79 Å². The average Bonchev–Trinajstić information content (AvgIpc) is 2.72. The first kappa shape index (κ1) is 13.1. The average molecular weight is 237 g/mol. The molecule has 1 saturated heterocycles. The molecule has 2 rings (SSSR count). The lowest BCUT2D eigenvalue weighted by Crippen LogP contribution is -2.38. The first-order valence-electron chi connectivity index (χ1n) is 7.22. The zero-order valence-electron chi connectivity index (χ0n) is 11.7. The Bertz CT molecular complexity index is 273. The lowest BCUT2D eigenvalue weighted by Gasteiger charge is -2.38. The van der Waals surface area contributed by atoms with Crippen molar-refractivity contribution in [2.45, 2.75) is 52.9 Å². The van der Waals surface area contributed by atoms with E-state index < -0.39 is 0 Å². The van der Waals surface area contributed by atoms with Crippen molar-refractivity contribution in [1.29, 1.82) is 0 Å². The smallest absolute Gasteiger partial charge is 0.137 e. The second-order valence-electron chi connectivity index (χ2n) is 7.01. The molecule has 2 unspecified atom stereocenters. The maximum absolute atomic E-state index is 12.0. The Kier molecular flexibility index (Phi) is 3.92. The SMILES string of the molecule is CC(C)(C)C1CCC(=O)C(CN2CCCC2)C1. The van der Waals surface area contributed by atoms with Crippen LogP contribution < -0.4 is 0 Å². The van der Waals surface area contributed by atoms with Crippen LogP contribution in [0.25, 0.3) is 0 Å². The molecular weight excluding hydrogens is 210 g/mol. The third-order valence-corrected chi connectivity index (χ3v) is 4.67. The molecule has 0 aromatic heterocycles. The normalized spacial score (nSPS) is 32.1. The molecule has 0 aromatic carbocycles. The minimum Gasteiger partial charge on any atom is -0.303 e. The number of Topliss-reactive ketones (excluding diaryl/α,β-unsaturated/α-hetero) is 1. The Labute approximate surface area is 106 Å². The lowest BCUT2D eigenvalue weighted by molar-refractivity contribution is -0.127. The summed E-state index contributed by atoms with van der Waals surface area (Å²) in [6.45, 7) is 10.4. The molecule has 98 valence electrons. The Morgan fingerprint density at radius 1 is 1.24 bits per heavy atom. The predicted octanol–water partition coefficient (Wildman–Crippen LogP) is 3.11. The van der Waals surface area contributed by atoms with Gasteiger partial charge in [-0.05, 0) is 50.1 Å². The number of hydrogen-bond donors (Lipinski definition) is 0. The van der Waals surface area contributed by atoms with Crippen LogP contribution in [0, 0.1) is 17.3 Å². The standard InChI is InChI=1S/C15H27NO/c1-15(2,3)13-6-7-14(17)12(10-13)11-16-8-4-5-9-16/h12-13H,4-11H2,1-3H3. The van der Waals surface area contributed by atoms with E-state index >= 15 is 0 Å². The first-order valence-corrected chi connectivity index (χ1v) is 7.22. The first-order chi connectivity index (χ1) is 7.97. The highest BCUT2D eigenvalue weighted by Crippen LogP contribution is 2.39. The van der Waals surface area contributed by atoms with Crippen LogP contribution >= 0.6 is 0 Å². The van der Waals surface area contributed by atoms with Crippen molar-refractivity contribution in [1.82, 2.24) is 4.90 Å². The van der Waals surface area contributed by atoms with Gasteiger partial charge in [-0.25, -0.2) is 0 Å². The molecule has 2 nitrogen and oxygen atoms in total. The molecule has 1 aliphatic heterocycles. The number of carbonyl (C=O) groups is 1. The van der Waals surface area contributed by atoms with Crippen LogP contribution in [-0.2, 0) is 4.79 Å². The van der Waals surface area contributed by atoms with Gasteiger partial charge in [0.05, 0.1) is 0 Å². The molecule has 0 radical (unpaired) electrons. The van der Waals surface area contributed by atoms with Crippen molar-refractivity contribution in [2.24, 2.45) is 17.3 Å². The summed E-state index contributed by atoms with van der Waals surface area (Å²) in [5, 5.41) is 0. The zero-order valence-corrected chi connectivity index (χ0v) is 11.7. The van der Waals surface area contributed by atoms with Gasteiger partial charge in [-0.15, -0.1) is 0 Å². The van der Waals surface area contributed by atoms with E-state index in [1.807, 2.05) is 0 Å². The van der Waals surface area contributed by atoms with Gasteiger partial charge in [0.25, 0.3) is 0 Å². The highest BCUT2D eigenvalue weighted by atomic mass is 16.1. The van der Waals surface area contributed by atoms with E-state index in [-0.39, 0.29) is 0 Å². The van der Waals surface area contributed by atoms with Gasteiger partial charge in [0, 0.05) is 18.9 Å². The summed E-state index contributed by atoms with van der Waals surface area (Å²) in [6.07, 6.45) is 5.70. The molecule has 1 aliphatic carbocycles. The fraction of sp³-hybridized carbons (Fsp3) is 0.933. The minimum absolute atomic E-state index is 0.325. The van der Waals surface area contributed by atoms with Crippen LogP contribution in [-0.4, -0.2) is 30.3 Å².